The average molecular weight is 227 g/mol. The Bertz CT molecular complexity index is 259. The van der Waals surface area contributed by atoms with Crippen molar-refractivity contribution in [3.63, 3.8) is 0 Å². The van der Waals surface area contributed by atoms with Crippen LogP contribution in [-0.4, -0.2) is 42.5 Å². The summed E-state index contributed by atoms with van der Waals surface area (Å²) in [6.45, 7) is 7.45. The van der Waals surface area contributed by atoms with Crippen LogP contribution in [0.1, 0.15) is 20.3 Å². The van der Waals surface area contributed by atoms with Crippen molar-refractivity contribution in [2.45, 2.75) is 26.3 Å². The molecule has 86 valence electrons. The van der Waals surface area contributed by atoms with E-state index < -0.39 is 0 Å². The molecule has 1 aliphatic rings. The normalized spacial score (nSPS) is 20.3. The van der Waals surface area contributed by atoms with Gasteiger partial charge in [0.05, 0.1) is 10.7 Å². The summed E-state index contributed by atoms with van der Waals surface area (Å²) < 4.78 is 0. The molecule has 0 aromatic rings. The molecule has 15 heavy (non-hydrogen) atoms. The largest absolute Gasteiger partial charge is 0.393 e. The fourth-order valence-electron chi connectivity index (χ4n) is 1.59. The Balaban J connectivity index is 2.67. The lowest BCUT2D eigenvalue weighted by atomic mass is 10.2. The van der Waals surface area contributed by atoms with Crippen molar-refractivity contribution in [2.24, 2.45) is 10.7 Å². The van der Waals surface area contributed by atoms with Crippen LogP contribution in [0.5, 0.6) is 0 Å². The Morgan fingerprint density at radius 1 is 1.60 bits per heavy atom. The number of hydrogen-bond donors (Lipinski definition) is 1. The molecule has 0 spiro atoms. The molecule has 0 aliphatic carbocycles. The van der Waals surface area contributed by atoms with E-state index in [1.807, 2.05) is 12.3 Å². The monoisotopic (exact) mass is 227 g/mol. The second kappa shape index (κ2) is 6.18. The molecule has 1 aliphatic heterocycles. The summed E-state index contributed by atoms with van der Waals surface area (Å²) in [6, 6.07) is 0.581. The van der Waals surface area contributed by atoms with Gasteiger partial charge in [0.25, 0.3) is 0 Å². The highest BCUT2D eigenvalue weighted by molar-refractivity contribution is 8.02. The van der Waals surface area contributed by atoms with Crippen LogP contribution in [-0.2, 0) is 0 Å². The van der Waals surface area contributed by atoms with Crippen molar-refractivity contribution in [1.29, 1.82) is 0 Å². The third kappa shape index (κ3) is 4.26. The van der Waals surface area contributed by atoms with Gasteiger partial charge in [0.2, 0.25) is 0 Å². The number of nitrogens with zero attached hydrogens (tertiary/aromatic N) is 2. The Morgan fingerprint density at radius 3 is 2.93 bits per heavy atom. The lowest BCUT2D eigenvalue weighted by Crippen LogP contribution is -2.35. The van der Waals surface area contributed by atoms with Crippen molar-refractivity contribution < 1.29 is 0 Å². The van der Waals surface area contributed by atoms with Crippen LogP contribution in [0, 0.1) is 0 Å². The Hall–Kier alpha value is -0.480. The van der Waals surface area contributed by atoms with Crippen molar-refractivity contribution in [3.05, 3.63) is 11.1 Å². The molecule has 0 amide bonds. The van der Waals surface area contributed by atoms with Crippen LogP contribution >= 0.6 is 11.8 Å². The second-order valence-corrected chi connectivity index (χ2v) is 4.92. The van der Waals surface area contributed by atoms with Gasteiger partial charge in [-0.1, -0.05) is 0 Å². The number of aliphatic imine (C=N–C) groups is 1. The zero-order valence-electron chi connectivity index (χ0n) is 9.86. The molecule has 0 aromatic heterocycles. The molecular formula is C11H21N3S. The molecule has 1 rings (SSSR count). The van der Waals surface area contributed by atoms with E-state index in [0.29, 0.717) is 6.04 Å². The molecule has 0 saturated heterocycles. The van der Waals surface area contributed by atoms with Crippen LogP contribution < -0.4 is 5.73 Å². The SMILES string of the molecule is CS/C(N)=C/C1=NCCCN(C(C)C)C1. The molecular weight excluding hydrogens is 206 g/mol. The fourth-order valence-corrected chi connectivity index (χ4v) is 1.84. The van der Waals surface area contributed by atoms with E-state index in [-0.39, 0.29) is 0 Å². The highest BCUT2D eigenvalue weighted by Gasteiger charge is 2.13. The van der Waals surface area contributed by atoms with Gasteiger partial charge < -0.3 is 5.73 Å². The summed E-state index contributed by atoms with van der Waals surface area (Å²) in [4.78, 5) is 6.99. The van der Waals surface area contributed by atoms with E-state index in [1.54, 1.807) is 11.8 Å². The molecule has 0 unspecified atom stereocenters. The fraction of sp³-hybridized carbons (Fsp3) is 0.727. The lowest BCUT2D eigenvalue weighted by molar-refractivity contribution is 0.257. The lowest BCUT2D eigenvalue weighted by Gasteiger charge is -2.24. The van der Waals surface area contributed by atoms with Gasteiger partial charge in [0, 0.05) is 25.7 Å². The van der Waals surface area contributed by atoms with Gasteiger partial charge in [-0.3, -0.25) is 9.89 Å². The van der Waals surface area contributed by atoms with Crippen LogP contribution in [0.25, 0.3) is 0 Å². The maximum absolute atomic E-state index is 5.80. The summed E-state index contributed by atoms with van der Waals surface area (Å²) >= 11 is 1.57. The maximum Gasteiger partial charge on any atom is 0.0671 e. The first-order chi connectivity index (χ1) is 7.13. The molecule has 0 radical (unpaired) electrons. The van der Waals surface area contributed by atoms with E-state index in [9.17, 15) is 0 Å². The smallest absolute Gasteiger partial charge is 0.0671 e. The molecule has 0 saturated carbocycles. The summed E-state index contributed by atoms with van der Waals surface area (Å²) in [6.07, 6.45) is 5.14. The molecule has 0 aromatic carbocycles. The highest BCUT2D eigenvalue weighted by atomic mass is 32.2. The zero-order chi connectivity index (χ0) is 11.3. The summed E-state index contributed by atoms with van der Waals surface area (Å²) in [5.41, 5.74) is 6.92. The topological polar surface area (TPSA) is 41.6 Å². The maximum atomic E-state index is 5.80. The molecule has 4 heteroatoms. The zero-order valence-corrected chi connectivity index (χ0v) is 10.7. The number of hydrogen-bond acceptors (Lipinski definition) is 4. The molecule has 2 N–H and O–H groups in total. The number of rotatable bonds is 3. The number of thioether (sulfide) groups is 1. The predicted octanol–water partition coefficient (Wildman–Crippen LogP) is 1.70. The van der Waals surface area contributed by atoms with Crippen LogP contribution in [0.3, 0.4) is 0 Å². The predicted molar refractivity (Wildman–Crippen MR) is 69.4 cm³/mol. The standard InChI is InChI=1S/C11H21N3S/c1-9(2)14-6-4-5-13-10(8-14)7-11(12)15-3/h7,9H,4-6,8,12H2,1-3H3/b11-7+. The first-order valence-electron chi connectivity index (χ1n) is 5.42. The van der Waals surface area contributed by atoms with E-state index >= 15 is 0 Å². The molecule has 0 atom stereocenters. The first-order valence-corrected chi connectivity index (χ1v) is 6.64. The van der Waals surface area contributed by atoms with E-state index in [0.717, 1.165) is 36.8 Å². The Morgan fingerprint density at radius 2 is 2.33 bits per heavy atom. The van der Waals surface area contributed by atoms with Crippen molar-refractivity contribution in [2.75, 3.05) is 25.9 Å². The van der Waals surface area contributed by atoms with Gasteiger partial charge in [-0.05, 0) is 32.6 Å². The summed E-state index contributed by atoms with van der Waals surface area (Å²) in [5.74, 6) is 0. The van der Waals surface area contributed by atoms with Gasteiger partial charge in [-0.2, -0.15) is 0 Å². The minimum atomic E-state index is 0.581. The summed E-state index contributed by atoms with van der Waals surface area (Å²) in [5, 5.41) is 0.847. The van der Waals surface area contributed by atoms with Crippen molar-refractivity contribution in [3.8, 4) is 0 Å². The molecule has 0 fully saturated rings. The number of nitrogens with two attached hydrogens (primary N) is 1. The minimum absolute atomic E-state index is 0.581. The van der Waals surface area contributed by atoms with Gasteiger partial charge >= 0.3 is 0 Å². The van der Waals surface area contributed by atoms with E-state index in [2.05, 4.69) is 23.7 Å². The van der Waals surface area contributed by atoms with Gasteiger partial charge in [0.15, 0.2) is 0 Å². The van der Waals surface area contributed by atoms with Crippen LogP contribution in [0.15, 0.2) is 16.1 Å². The van der Waals surface area contributed by atoms with Crippen LogP contribution in [0.4, 0.5) is 0 Å². The van der Waals surface area contributed by atoms with Crippen molar-refractivity contribution >= 4 is 17.5 Å². The summed E-state index contributed by atoms with van der Waals surface area (Å²) in [7, 11) is 0. The molecule has 3 nitrogen and oxygen atoms in total. The molecule has 0 bridgehead atoms. The highest BCUT2D eigenvalue weighted by Crippen LogP contribution is 2.09. The van der Waals surface area contributed by atoms with Gasteiger partial charge in [-0.25, -0.2) is 0 Å². The Labute approximate surface area is 96.8 Å². The third-order valence-corrected chi connectivity index (χ3v) is 3.15. The first kappa shape index (κ1) is 12.6. The van der Waals surface area contributed by atoms with E-state index in [1.165, 1.54) is 0 Å². The third-order valence-electron chi connectivity index (χ3n) is 2.56. The average Bonchev–Trinajstić information content (AvgIpc) is 2.43. The van der Waals surface area contributed by atoms with Gasteiger partial charge in [-0.15, -0.1) is 11.8 Å². The van der Waals surface area contributed by atoms with Gasteiger partial charge in [0.1, 0.15) is 0 Å². The minimum Gasteiger partial charge on any atom is -0.393 e. The quantitative estimate of drug-likeness (QED) is 0.798. The van der Waals surface area contributed by atoms with Crippen molar-refractivity contribution in [1.82, 2.24) is 4.90 Å². The van der Waals surface area contributed by atoms with E-state index in [4.69, 9.17) is 5.73 Å². The van der Waals surface area contributed by atoms with Crippen LogP contribution in [0.2, 0.25) is 0 Å². The Kier molecular flexibility index (Phi) is 5.19. The second-order valence-electron chi connectivity index (χ2n) is 4.04. The molecule has 1 heterocycles.